The van der Waals surface area contributed by atoms with Crippen LogP contribution in [0.3, 0.4) is 0 Å². The molecule has 0 aliphatic heterocycles. The van der Waals surface area contributed by atoms with Crippen molar-refractivity contribution in [1.82, 2.24) is 9.97 Å². The molecule has 2 N–H and O–H groups in total. The number of nitrogen functional groups attached to an aromatic ring is 1. The lowest BCUT2D eigenvalue weighted by molar-refractivity contribution is 0.396. The second kappa shape index (κ2) is 2.70. The van der Waals surface area contributed by atoms with E-state index in [4.69, 9.17) is 22.1 Å². The Kier molecular flexibility index (Phi) is 1.91. The number of ether oxygens (including phenoxy) is 1. The zero-order chi connectivity index (χ0) is 7.56. The molecule has 0 saturated heterocycles. The van der Waals surface area contributed by atoms with Crippen LogP contribution < -0.4 is 10.5 Å². The van der Waals surface area contributed by atoms with E-state index in [1.807, 2.05) is 0 Å². The molecule has 0 amide bonds. The molecule has 0 unspecified atom stereocenters. The van der Waals surface area contributed by atoms with Gasteiger partial charge in [0.25, 0.3) is 0 Å². The number of hydrogen-bond donors (Lipinski definition) is 1. The third kappa shape index (κ3) is 1.27. The van der Waals surface area contributed by atoms with E-state index < -0.39 is 0 Å². The van der Waals surface area contributed by atoms with Crippen molar-refractivity contribution >= 4 is 17.4 Å². The Hall–Kier alpha value is -1.03. The summed E-state index contributed by atoms with van der Waals surface area (Å²) in [6.07, 6.45) is 1.40. The number of methoxy groups -OCH3 is 1. The van der Waals surface area contributed by atoms with Crippen molar-refractivity contribution < 1.29 is 4.74 Å². The number of anilines is 1. The molecule has 0 fully saturated rings. The van der Waals surface area contributed by atoms with Crippen LogP contribution in [0.15, 0.2) is 6.20 Å². The molecule has 0 aromatic carbocycles. The molecule has 0 atom stereocenters. The van der Waals surface area contributed by atoms with Gasteiger partial charge in [-0.05, 0) is 0 Å². The van der Waals surface area contributed by atoms with Gasteiger partial charge in [-0.3, -0.25) is 0 Å². The van der Waals surface area contributed by atoms with Crippen LogP contribution in [0.5, 0.6) is 5.88 Å². The van der Waals surface area contributed by atoms with Gasteiger partial charge >= 0.3 is 0 Å². The van der Waals surface area contributed by atoms with Crippen molar-refractivity contribution in [3.05, 3.63) is 11.3 Å². The molecule has 0 aliphatic rings. The summed E-state index contributed by atoms with van der Waals surface area (Å²) in [5, 5.41) is 0.166. The van der Waals surface area contributed by atoms with E-state index in [1.165, 1.54) is 13.3 Å². The minimum atomic E-state index is 0.166. The first kappa shape index (κ1) is 7.08. The number of rotatable bonds is 1. The average Bonchev–Trinajstić information content (AvgIpc) is 1.95. The molecule has 54 valence electrons. The molecule has 0 bridgehead atoms. The maximum Gasteiger partial charge on any atom is 0.233 e. The summed E-state index contributed by atoms with van der Waals surface area (Å²) in [6.45, 7) is 0. The van der Waals surface area contributed by atoms with Crippen LogP contribution in [-0.4, -0.2) is 17.1 Å². The van der Waals surface area contributed by atoms with Gasteiger partial charge in [0.05, 0.1) is 13.3 Å². The molecular weight excluding hydrogens is 154 g/mol. The van der Waals surface area contributed by atoms with Gasteiger partial charge in [-0.25, -0.2) is 4.98 Å². The molecule has 5 heteroatoms. The predicted octanol–water partition coefficient (Wildman–Crippen LogP) is 0.721. The lowest BCUT2D eigenvalue weighted by Crippen LogP contribution is -1.95. The molecular formula is C5H6ClN3O. The van der Waals surface area contributed by atoms with Crippen molar-refractivity contribution in [3.63, 3.8) is 0 Å². The van der Waals surface area contributed by atoms with Crippen LogP contribution in [-0.2, 0) is 0 Å². The first-order valence-electron chi connectivity index (χ1n) is 2.56. The maximum absolute atomic E-state index is 5.51. The van der Waals surface area contributed by atoms with E-state index in [-0.39, 0.29) is 11.0 Å². The fraction of sp³-hybridized carbons (Fsp3) is 0.200. The van der Waals surface area contributed by atoms with Gasteiger partial charge in [0.15, 0.2) is 11.0 Å². The molecule has 1 heterocycles. The van der Waals surface area contributed by atoms with Gasteiger partial charge in [0.1, 0.15) is 0 Å². The quantitative estimate of drug-likeness (QED) is 0.656. The van der Waals surface area contributed by atoms with E-state index in [9.17, 15) is 0 Å². The van der Waals surface area contributed by atoms with Gasteiger partial charge in [0, 0.05) is 0 Å². The van der Waals surface area contributed by atoms with Crippen molar-refractivity contribution in [2.24, 2.45) is 0 Å². The molecule has 0 spiro atoms. The highest BCUT2D eigenvalue weighted by Crippen LogP contribution is 2.15. The van der Waals surface area contributed by atoms with Crippen molar-refractivity contribution in [2.45, 2.75) is 0 Å². The van der Waals surface area contributed by atoms with Gasteiger partial charge in [-0.2, -0.15) is 4.98 Å². The molecule has 1 aromatic heterocycles. The number of nitrogens with zero attached hydrogens (tertiary/aromatic N) is 2. The summed E-state index contributed by atoms with van der Waals surface area (Å²) in [5.74, 6) is 0.571. The third-order valence-corrected chi connectivity index (χ3v) is 1.22. The number of aromatic nitrogens is 2. The lowest BCUT2D eigenvalue weighted by Gasteiger charge is -1.98. The maximum atomic E-state index is 5.51. The molecule has 4 nitrogen and oxygen atoms in total. The van der Waals surface area contributed by atoms with Crippen LogP contribution >= 0.6 is 11.6 Å². The Labute approximate surface area is 63.0 Å². The Morgan fingerprint density at radius 1 is 1.70 bits per heavy atom. The Bertz CT molecular complexity index is 240. The standard InChI is InChI=1S/C5H6ClN3O/c1-10-3-2-8-5(7)4(6)9-3/h2H,1H3,(H2,7,8). The summed E-state index contributed by atoms with van der Waals surface area (Å²) >= 11 is 5.51. The Morgan fingerprint density at radius 3 is 2.90 bits per heavy atom. The van der Waals surface area contributed by atoms with E-state index in [1.54, 1.807) is 0 Å². The van der Waals surface area contributed by atoms with E-state index in [0.29, 0.717) is 5.88 Å². The second-order valence-corrected chi connectivity index (χ2v) is 1.95. The number of halogens is 1. The van der Waals surface area contributed by atoms with Gasteiger partial charge in [-0.15, -0.1) is 0 Å². The molecule has 1 rings (SSSR count). The minimum Gasteiger partial charge on any atom is -0.480 e. The SMILES string of the molecule is COc1cnc(N)c(Cl)n1. The first-order chi connectivity index (χ1) is 4.74. The molecule has 1 aromatic rings. The fourth-order valence-corrected chi connectivity index (χ4v) is 0.591. The van der Waals surface area contributed by atoms with Gasteiger partial charge in [0.2, 0.25) is 5.88 Å². The van der Waals surface area contributed by atoms with Gasteiger partial charge in [-0.1, -0.05) is 11.6 Å². The molecule has 10 heavy (non-hydrogen) atoms. The summed E-state index contributed by atoms with van der Waals surface area (Å²) in [4.78, 5) is 7.45. The lowest BCUT2D eigenvalue weighted by atomic mass is 10.7. The fourth-order valence-electron chi connectivity index (χ4n) is 0.459. The molecule has 0 radical (unpaired) electrons. The summed E-state index contributed by atoms with van der Waals surface area (Å²) in [6, 6.07) is 0. The first-order valence-corrected chi connectivity index (χ1v) is 2.94. The van der Waals surface area contributed by atoms with Gasteiger partial charge < -0.3 is 10.5 Å². The Morgan fingerprint density at radius 2 is 2.40 bits per heavy atom. The van der Waals surface area contributed by atoms with Crippen LogP contribution in [0.4, 0.5) is 5.82 Å². The van der Waals surface area contributed by atoms with E-state index in [2.05, 4.69) is 9.97 Å². The molecule has 0 aliphatic carbocycles. The van der Waals surface area contributed by atoms with Crippen LogP contribution in [0.2, 0.25) is 5.15 Å². The summed E-state index contributed by atoms with van der Waals surface area (Å²) in [7, 11) is 1.48. The normalized spacial score (nSPS) is 9.40. The van der Waals surface area contributed by atoms with Crippen molar-refractivity contribution in [3.8, 4) is 5.88 Å². The number of nitrogens with two attached hydrogens (primary N) is 1. The van der Waals surface area contributed by atoms with Crippen molar-refractivity contribution in [1.29, 1.82) is 0 Å². The van der Waals surface area contributed by atoms with Crippen LogP contribution in [0.1, 0.15) is 0 Å². The monoisotopic (exact) mass is 159 g/mol. The minimum absolute atomic E-state index is 0.166. The largest absolute Gasteiger partial charge is 0.480 e. The van der Waals surface area contributed by atoms with Crippen LogP contribution in [0, 0.1) is 0 Å². The van der Waals surface area contributed by atoms with E-state index >= 15 is 0 Å². The zero-order valence-electron chi connectivity index (χ0n) is 5.34. The third-order valence-electron chi connectivity index (χ3n) is 0.943. The van der Waals surface area contributed by atoms with E-state index in [0.717, 1.165) is 0 Å². The highest BCUT2D eigenvalue weighted by atomic mass is 35.5. The molecule has 0 saturated carbocycles. The highest BCUT2D eigenvalue weighted by molar-refractivity contribution is 6.31. The zero-order valence-corrected chi connectivity index (χ0v) is 6.09. The summed E-state index contributed by atoms with van der Waals surface area (Å²) < 4.78 is 4.74. The van der Waals surface area contributed by atoms with Crippen molar-refractivity contribution in [2.75, 3.05) is 12.8 Å². The predicted molar refractivity (Wildman–Crippen MR) is 38.0 cm³/mol. The smallest absolute Gasteiger partial charge is 0.233 e. The number of hydrogen-bond acceptors (Lipinski definition) is 4. The average molecular weight is 160 g/mol. The Balaban J connectivity index is 3.04. The topological polar surface area (TPSA) is 61.0 Å². The summed E-state index contributed by atoms with van der Waals surface area (Å²) in [5.41, 5.74) is 5.28. The second-order valence-electron chi connectivity index (χ2n) is 1.59. The van der Waals surface area contributed by atoms with Crippen LogP contribution in [0.25, 0.3) is 0 Å². The highest BCUT2D eigenvalue weighted by Gasteiger charge is 1.99.